The second-order valence-corrected chi connectivity index (χ2v) is 13.2. The summed E-state index contributed by atoms with van der Waals surface area (Å²) >= 11 is 0. The van der Waals surface area contributed by atoms with E-state index < -0.39 is 0 Å². The summed E-state index contributed by atoms with van der Waals surface area (Å²) in [4.78, 5) is 4.88. The molecular formula is C47H33N3. The fourth-order valence-corrected chi connectivity index (χ4v) is 7.93. The number of hydrogen-bond acceptors (Lipinski definition) is 1. The van der Waals surface area contributed by atoms with Gasteiger partial charge in [-0.1, -0.05) is 121 Å². The number of hydrogen-bond donors (Lipinski definition) is 0. The molecule has 0 amide bonds. The molecule has 9 aromatic rings. The average molecular weight is 640 g/mol. The van der Waals surface area contributed by atoms with Crippen LogP contribution in [0.25, 0.3) is 78.6 Å². The van der Waals surface area contributed by atoms with E-state index in [4.69, 9.17) is 4.98 Å². The lowest BCUT2D eigenvalue weighted by atomic mass is 9.90. The van der Waals surface area contributed by atoms with E-state index in [1.54, 1.807) is 0 Å². The summed E-state index contributed by atoms with van der Waals surface area (Å²) in [7, 11) is 0. The third-order valence-corrected chi connectivity index (χ3v) is 10.3. The molecule has 1 atom stereocenters. The zero-order valence-electron chi connectivity index (χ0n) is 27.4. The SMILES string of the molecule is C1=c2c(n(-c3cccc(-c4ccc(-c5ccccc5)cn4)c3)c3ccccc23)=CCC1c1ccc2c(c1)c1ccccc1n2-c1ccccc1. The van der Waals surface area contributed by atoms with Crippen LogP contribution in [0.4, 0.5) is 0 Å². The van der Waals surface area contributed by atoms with Gasteiger partial charge in [-0.05, 0) is 72.1 Å². The minimum absolute atomic E-state index is 0.281. The first-order valence-corrected chi connectivity index (χ1v) is 17.3. The van der Waals surface area contributed by atoms with Crippen LogP contribution in [0.3, 0.4) is 0 Å². The molecule has 10 rings (SSSR count). The topological polar surface area (TPSA) is 22.8 Å². The maximum atomic E-state index is 4.88. The first kappa shape index (κ1) is 28.6. The van der Waals surface area contributed by atoms with Crippen LogP contribution >= 0.6 is 0 Å². The highest BCUT2D eigenvalue weighted by molar-refractivity contribution is 6.09. The molecule has 236 valence electrons. The van der Waals surface area contributed by atoms with Gasteiger partial charge in [0.15, 0.2) is 0 Å². The van der Waals surface area contributed by atoms with Crippen molar-refractivity contribution in [3.63, 3.8) is 0 Å². The summed E-state index contributed by atoms with van der Waals surface area (Å²) in [5.41, 5.74) is 11.7. The summed E-state index contributed by atoms with van der Waals surface area (Å²) in [6.45, 7) is 0. The lowest BCUT2D eigenvalue weighted by Gasteiger charge is -2.16. The van der Waals surface area contributed by atoms with Gasteiger partial charge in [0, 0.05) is 61.3 Å². The Bertz CT molecular complexity index is 2820. The molecule has 0 fully saturated rings. The van der Waals surface area contributed by atoms with Gasteiger partial charge in [-0.2, -0.15) is 0 Å². The Balaban J connectivity index is 1.07. The van der Waals surface area contributed by atoms with E-state index in [1.165, 1.54) is 60.1 Å². The van der Waals surface area contributed by atoms with Crippen LogP contribution < -0.4 is 10.6 Å². The lowest BCUT2D eigenvalue weighted by molar-refractivity contribution is 0.909. The van der Waals surface area contributed by atoms with Crippen molar-refractivity contribution in [2.75, 3.05) is 0 Å². The van der Waals surface area contributed by atoms with E-state index in [2.05, 4.69) is 179 Å². The van der Waals surface area contributed by atoms with Crippen molar-refractivity contribution >= 4 is 44.9 Å². The van der Waals surface area contributed by atoms with Crippen LogP contribution in [0.2, 0.25) is 0 Å². The van der Waals surface area contributed by atoms with Crippen LogP contribution in [0.15, 0.2) is 170 Å². The van der Waals surface area contributed by atoms with E-state index in [0.29, 0.717) is 0 Å². The van der Waals surface area contributed by atoms with Gasteiger partial charge in [0.1, 0.15) is 0 Å². The van der Waals surface area contributed by atoms with Gasteiger partial charge in [-0.25, -0.2) is 0 Å². The fraction of sp³-hybridized carbons (Fsp3) is 0.0426. The number of rotatable bonds is 5. The van der Waals surface area contributed by atoms with Gasteiger partial charge in [0.25, 0.3) is 0 Å². The molecule has 1 unspecified atom stereocenters. The fourth-order valence-electron chi connectivity index (χ4n) is 7.93. The van der Waals surface area contributed by atoms with Crippen LogP contribution in [-0.2, 0) is 0 Å². The van der Waals surface area contributed by atoms with Crippen molar-refractivity contribution in [3.05, 3.63) is 186 Å². The molecule has 0 saturated heterocycles. The molecule has 6 aromatic carbocycles. The van der Waals surface area contributed by atoms with Gasteiger partial charge in [-0.15, -0.1) is 0 Å². The normalized spacial score (nSPS) is 14.0. The van der Waals surface area contributed by atoms with Gasteiger partial charge in [-0.3, -0.25) is 4.98 Å². The summed E-state index contributed by atoms with van der Waals surface area (Å²) in [6.07, 6.45) is 7.86. The molecule has 1 aliphatic rings. The molecule has 0 spiro atoms. The van der Waals surface area contributed by atoms with Gasteiger partial charge in [0.2, 0.25) is 0 Å². The van der Waals surface area contributed by atoms with Crippen molar-refractivity contribution in [2.24, 2.45) is 0 Å². The van der Waals surface area contributed by atoms with Crippen molar-refractivity contribution in [1.82, 2.24) is 14.1 Å². The zero-order chi connectivity index (χ0) is 33.0. The van der Waals surface area contributed by atoms with Crippen molar-refractivity contribution in [3.8, 4) is 33.8 Å². The molecular weight excluding hydrogens is 607 g/mol. The lowest BCUT2D eigenvalue weighted by Crippen LogP contribution is -2.31. The molecule has 3 nitrogen and oxygen atoms in total. The molecule has 0 aliphatic heterocycles. The van der Waals surface area contributed by atoms with Gasteiger partial charge in [0.05, 0.1) is 22.2 Å². The Labute approximate surface area is 290 Å². The molecule has 3 aromatic heterocycles. The van der Waals surface area contributed by atoms with E-state index in [-0.39, 0.29) is 5.92 Å². The number of aromatic nitrogens is 3. The average Bonchev–Trinajstić information content (AvgIpc) is 3.71. The van der Waals surface area contributed by atoms with E-state index in [1.807, 2.05) is 12.3 Å². The molecule has 0 N–H and O–H groups in total. The Morgan fingerprint density at radius 1 is 0.480 bits per heavy atom. The van der Waals surface area contributed by atoms with Crippen LogP contribution in [0.5, 0.6) is 0 Å². The highest BCUT2D eigenvalue weighted by Gasteiger charge is 2.19. The highest BCUT2D eigenvalue weighted by Crippen LogP contribution is 2.35. The smallest absolute Gasteiger partial charge is 0.0703 e. The Morgan fingerprint density at radius 3 is 1.96 bits per heavy atom. The van der Waals surface area contributed by atoms with Crippen molar-refractivity contribution in [1.29, 1.82) is 0 Å². The summed E-state index contributed by atoms with van der Waals surface area (Å²) in [5.74, 6) is 0.281. The third kappa shape index (κ3) is 4.62. The zero-order valence-corrected chi connectivity index (χ0v) is 27.4. The Kier molecular flexibility index (Phi) is 6.63. The minimum atomic E-state index is 0.281. The summed E-state index contributed by atoms with van der Waals surface area (Å²) in [5, 5.41) is 6.43. The first-order chi connectivity index (χ1) is 24.8. The number of benzene rings is 6. The Hall–Kier alpha value is -6.45. The summed E-state index contributed by atoms with van der Waals surface area (Å²) < 4.78 is 4.81. The maximum absolute atomic E-state index is 4.88. The van der Waals surface area contributed by atoms with Crippen molar-refractivity contribution < 1.29 is 0 Å². The van der Waals surface area contributed by atoms with Crippen LogP contribution in [0.1, 0.15) is 17.9 Å². The number of pyridine rings is 1. The second kappa shape index (κ2) is 11.6. The largest absolute Gasteiger partial charge is 0.310 e. The van der Waals surface area contributed by atoms with Gasteiger partial charge >= 0.3 is 0 Å². The third-order valence-electron chi connectivity index (χ3n) is 10.3. The molecule has 0 saturated carbocycles. The predicted octanol–water partition coefficient (Wildman–Crippen LogP) is 10.2. The van der Waals surface area contributed by atoms with Crippen LogP contribution in [-0.4, -0.2) is 14.1 Å². The first-order valence-electron chi connectivity index (χ1n) is 17.3. The molecule has 3 heterocycles. The monoisotopic (exact) mass is 639 g/mol. The predicted molar refractivity (Wildman–Crippen MR) is 208 cm³/mol. The molecule has 3 heteroatoms. The molecule has 0 bridgehead atoms. The Morgan fingerprint density at radius 2 is 1.16 bits per heavy atom. The second-order valence-electron chi connectivity index (χ2n) is 13.2. The number of fused-ring (bicyclic) bond motifs is 6. The molecule has 0 radical (unpaired) electrons. The number of nitrogens with zero attached hydrogens (tertiary/aromatic N) is 3. The van der Waals surface area contributed by atoms with E-state index in [9.17, 15) is 0 Å². The van der Waals surface area contributed by atoms with E-state index in [0.717, 1.165) is 28.9 Å². The highest BCUT2D eigenvalue weighted by atomic mass is 15.0. The van der Waals surface area contributed by atoms with Gasteiger partial charge < -0.3 is 9.13 Å². The minimum Gasteiger partial charge on any atom is -0.310 e. The summed E-state index contributed by atoms with van der Waals surface area (Å²) in [6, 6.07) is 58.8. The maximum Gasteiger partial charge on any atom is 0.0703 e. The molecule has 1 aliphatic carbocycles. The van der Waals surface area contributed by atoms with E-state index >= 15 is 0 Å². The molecule has 50 heavy (non-hydrogen) atoms. The number of para-hydroxylation sites is 3. The van der Waals surface area contributed by atoms with Crippen LogP contribution in [0, 0.1) is 0 Å². The quantitative estimate of drug-likeness (QED) is 0.184. The standard InChI is InChI=1S/C47H33N3/c1-3-12-32(13-4-1)36-22-25-43(48-31-36)35-14-11-17-38(28-35)50-45-21-10-8-19-40(45)42-30-34(24-27-47(42)50)33-23-26-46-41(29-33)39-18-7-9-20-44(39)49(46)37-15-5-2-6-16-37/h1-23,25-31,34H,24H2. The van der Waals surface area contributed by atoms with Crippen molar-refractivity contribution in [2.45, 2.75) is 12.3 Å².